The molecule has 0 spiro atoms. The Kier molecular flexibility index (Phi) is 6.67. The molecule has 2 atom stereocenters. The molecule has 1 saturated heterocycles. The Morgan fingerprint density at radius 2 is 1.39 bits per heavy atom. The highest BCUT2D eigenvalue weighted by Gasteiger charge is 2.30. The van der Waals surface area contributed by atoms with Gasteiger partial charge in [-0.2, -0.15) is 0 Å². The van der Waals surface area contributed by atoms with E-state index in [1.165, 1.54) is 42.5 Å². The first-order valence-electron chi connectivity index (χ1n) is 10.3. The van der Waals surface area contributed by atoms with Gasteiger partial charge in [0.2, 0.25) is 0 Å². The van der Waals surface area contributed by atoms with Crippen LogP contribution in [0.2, 0.25) is 5.02 Å². The van der Waals surface area contributed by atoms with Crippen LogP contribution in [0.15, 0.2) is 67.0 Å². The third-order valence-corrected chi connectivity index (χ3v) is 5.64. The summed E-state index contributed by atoms with van der Waals surface area (Å²) >= 11 is 5.92. The van der Waals surface area contributed by atoms with Crippen LogP contribution in [0.3, 0.4) is 0 Å². The van der Waals surface area contributed by atoms with E-state index in [-0.39, 0.29) is 35.2 Å². The van der Waals surface area contributed by atoms with Crippen LogP contribution in [0.4, 0.5) is 0 Å². The maximum atomic E-state index is 12.7. The molecule has 0 radical (unpaired) electrons. The number of rotatable bonds is 6. The lowest BCUT2D eigenvalue weighted by atomic mass is 10.0. The molecule has 1 aliphatic rings. The molecule has 3 aromatic rings. The number of aromatic hydroxyl groups is 1. The highest BCUT2D eigenvalue weighted by molar-refractivity contribution is 6.31. The first-order valence-corrected chi connectivity index (χ1v) is 10.7. The van der Waals surface area contributed by atoms with Gasteiger partial charge in [-0.15, -0.1) is 0 Å². The molecule has 168 valence electrons. The molecule has 0 unspecified atom stereocenters. The third-order valence-electron chi connectivity index (χ3n) is 5.40. The molecule has 9 heteroatoms. The number of carbonyl (C=O) groups is 3. The van der Waals surface area contributed by atoms with Crippen LogP contribution in [0.1, 0.15) is 36.6 Å². The molecule has 2 amide bonds. The van der Waals surface area contributed by atoms with Gasteiger partial charge in [0.15, 0.2) is 5.78 Å². The standard InChI is InChI=1S/C24H21ClN4O4/c25-17-5-6-21(30)18(11-17)22(31)14-1-3-15(4-2-14)23(32)28-19-12-27-13-20(19)29-24(33)16-7-9-26-10-8-16/h1-11,19-20,27,30H,12-13H2,(H,28,32)(H,29,33)/t19-,20-/m1/s1. The number of nitrogens with one attached hydrogen (secondary N) is 3. The zero-order valence-electron chi connectivity index (χ0n) is 17.4. The van der Waals surface area contributed by atoms with Gasteiger partial charge in [0.25, 0.3) is 11.8 Å². The molecule has 8 nitrogen and oxygen atoms in total. The van der Waals surface area contributed by atoms with Gasteiger partial charge in [-0.05, 0) is 42.5 Å². The van der Waals surface area contributed by atoms with Gasteiger partial charge in [0, 0.05) is 47.2 Å². The van der Waals surface area contributed by atoms with Crippen molar-refractivity contribution < 1.29 is 19.5 Å². The summed E-state index contributed by atoms with van der Waals surface area (Å²) in [5.74, 6) is -1.13. The van der Waals surface area contributed by atoms with Crippen molar-refractivity contribution in [2.24, 2.45) is 0 Å². The predicted octanol–water partition coefficient (Wildman–Crippen LogP) is 2.17. The molecule has 1 fully saturated rings. The molecule has 4 N–H and O–H groups in total. The fraction of sp³-hybridized carbons (Fsp3) is 0.167. The molecule has 0 saturated carbocycles. The smallest absolute Gasteiger partial charge is 0.251 e. The average Bonchev–Trinajstić information content (AvgIpc) is 3.27. The maximum Gasteiger partial charge on any atom is 0.251 e. The summed E-state index contributed by atoms with van der Waals surface area (Å²) in [6.45, 7) is 1.04. The van der Waals surface area contributed by atoms with Crippen molar-refractivity contribution in [3.8, 4) is 5.75 Å². The zero-order chi connectivity index (χ0) is 23.4. The SMILES string of the molecule is O=C(N[C@@H]1CNC[C@H]1NC(=O)c1ccc(C(=O)c2cc(Cl)ccc2O)cc1)c1ccncc1. The Morgan fingerprint density at radius 3 is 2.00 bits per heavy atom. The number of halogens is 1. The first-order chi connectivity index (χ1) is 15.9. The Bertz CT molecular complexity index is 1180. The monoisotopic (exact) mass is 464 g/mol. The van der Waals surface area contributed by atoms with E-state index in [2.05, 4.69) is 20.9 Å². The third kappa shape index (κ3) is 5.19. The van der Waals surface area contributed by atoms with Crippen LogP contribution in [0, 0.1) is 0 Å². The van der Waals surface area contributed by atoms with Gasteiger partial charge < -0.3 is 21.1 Å². The summed E-state index contributed by atoms with van der Waals surface area (Å²) < 4.78 is 0. The zero-order valence-corrected chi connectivity index (χ0v) is 18.2. The number of nitrogens with zero attached hydrogens (tertiary/aromatic N) is 1. The van der Waals surface area contributed by atoms with Gasteiger partial charge in [-0.1, -0.05) is 23.7 Å². The molecule has 2 heterocycles. The number of pyridine rings is 1. The van der Waals surface area contributed by atoms with Gasteiger partial charge in [-0.25, -0.2) is 0 Å². The lowest BCUT2D eigenvalue weighted by Gasteiger charge is -2.21. The van der Waals surface area contributed by atoms with E-state index in [0.717, 1.165) is 0 Å². The van der Waals surface area contributed by atoms with Crippen LogP contribution in [0.5, 0.6) is 5.75 Å². The summed E-state index contributed by atoms with van der Waals surface area (Å²) in [5.41, 5.74) is 1.26. The number of hydrogen-bond acceptors (Lipinski definition) is 6. The fourth-order valence-corrected chi connectivity index (χ4v) is 3.78. The number of phenols is 1. The molecule has 4 rings (SSSR count). The molecular weight excluding hydrogens is 444 g/mol. The van der Waals surface area contributed by atoms with Crippen LogP contribution >= 0.6 is 11.6 Å². The van der Waals surface area contributed by atoms with Gasteiger partial charge in [0.05, 0.1) is 17.6 Å². The quantitative estimate of drug-likeness (QED) is 0.415. The van der Waals surface area contributed by atoms with E-state index in [1.54, 1.807) is 24.5 Å². The molecule has 33 heavy (non-hydrogen) atoms. The van der Waals surface area contributed by atoms with Crippen LogP contribution in [0.25, 0.3) is 0 Å². The van der Waals surface area contributed by atoms with Crippen molar-refractivity contribution in [2.75, 3.05) is 13.1 Å². The minimum absolute atomic E-state index is 0.0875. The highest BCUT2D eigenvalue weighted by Crippen LogP contribution is 2.24. The minimum atomic E-state index is -0.402. The molecule has 1 aliphatic heterocycles. The second-order valence-electron chi connectivity index (χ2n) is 7.62. The summed E-state index contributed by atoms with van der Waals surface area (Å²) in [5, 5.41) is 19.3. The Labute approximate surface area is 195 Å². The van der Waals surface area contributed by atoms with E-state index in [0.29, 0.717) is 34.8 Å². The maximum absolute atomic E-state index is 12.7. The summed E-state index contributed by atoms with van der Waals surface area (Å²) in [6.07, 6.45) is 3.09. The van der Waals surface area contributed by atoms with Crippen molar-refractivity contribution >= 4 is 29.2 Å². The predicted molar refractivity (Wildman–Crippen MR) is 123 cm³/mol. The Balaban J connectivity index is 1.40. The second-order valence-corrected chi connectivity index (χ2v) is 8.06. The topological polar surface area (TPSA) is 120 Å². The fourth-order valence-electron chi connectivity index (χ4n) is 3.61. The van der Waals surface area contributed by atoms with Crippen LogP contribution in [-0.4, -0.2) is 52.9 Å². The molecule has 0 aliphatic carbocycles. The molecule has 1 aromatic heterocycles. The van der Waals surface area contributed by atoms with Crippen molar-refractivity contribution in [1.29, 1.82) is 0 Å². The number of amides is 2. The van der Waals surface area contributed by atoms with E-state index in [1.807, 2.05) is 0 Å². The summed E-state index contributed by atoms with van der Waals surface area (Å²) in [7, 11) is 0. The Morgan fingerprint density at radius 1 is 0.848 bits per heavy atom. The second kappa shape index (κ2) is 9.81. The lowest BCUT2D eigenvalue weighted by molar-refractivity contribution is 0.0896. The molecular formula is C24H21ClN4O4. The number of aromatic nitrogens is 1. The average molecular weight is 465 g/mol. The van der Waals surface area contributed by atoms with Crippen molar-refractivity contribution in [3.63, 3.8) is 0 Å². The molecule has 0 bridgehead atoms. The summed E-state index contributed by atoms with van der Waals surface area (Å²) in [4.78, 5) is 41.7. The number of benzene rings is 2. The van der Waals surface area contributed by atoms with Crippen molar-refractivity contribution in [1.82, 2.24) is 20.9 Å². The van der Waals surface area contributed by atoms with Gasteiger partial charge >= 0.3 is 0 Å². The Hall–Kier alpha value is -3.75. The van der Waals surface area contributed by atoms with Crippen LogP contribution < -0.4 is 16.0 Å². The largest absolute Gasteiger partial charge is 0.507 e. The van der Waals surface area contributed by atoms with Crippen molar-refractivity contribution in [2.45, 2.75) is 12.1 Å². The normalized spacial score (nSPS) is 17.4. The van der Waals surface area contributed by atoms with Gasteiger partial charge in [0.1, 0.15) is 5.75 Å². The van der Waals surface area contributed by atoms with Crippen LogP contribution in [-0.2, 0) is 0 Å². The first kappa shape index (κ1) is 22.4. The van der Waals surface area contributed by atoms with Gasteiger partial charge in [-0.3, -0.25) is 19.4 Å². The highest BCUT2D eigenvalue weighted by atomic mass is 35.5. The summed E-state index contributed by atoms with van der Waals surface area (Å²) in [6, 6.07) is 13.0. The van der Waals surface area contributed by atoms with E-state index in [4.69, 9.17) is 11.6 Å². The lowest BCUT2D eigenvalue weighted by Crippen LogP contribution is -2.51. The van der Waals surface area contributed by atoms with E-state index >= 15 is 0 Å². The number of carbonyl (C=O) groups excluding carboxylic acids is 3. The van der Waals surface area contributed by atoms with Crippen molar-refractivity contribution in [3.05, 3.63) is 94.3 Å². The van der Waals surface area contributed by atoms with E-state index in [9.17, 15) is 19.5 Å². The number of phenolic OH excluding ortho intramolecular Hbond substituents is 1. The molecule has 2 aromatic carbocycles. The minimum Gasteiger partial charge on any atom is -0.507 e. The van der Waals surface area contributed by atoms with E-state index < -0.39 is 5.78 Å². The number of ketones is 1. The number of hydrogen-bond donors (Lipinski definition) is 4.